The van der Waals surface area contributed by atoms with Gasteiger partial charge in [-0.25, -0.2) is 0 Å². The van der Waals surface area contributed by atoms with Gasteiger partial charge >= 0.3 is 11.9 Å². The zero-order valence-electron chi connectivity index (χ0n) is 26.3. The molecule has 0 spiro atoms. The van der Waals surface area contributed by atoms with Crippen LogP contribution in [0.4, 0.5) is 0 Å². The average molecular weight is 621 g/mol. The van der Waals surface area contributed by atoms with E-state index in [1.165, 1.54) is 0 Å². The van der Waals surface area contributed by atoms with E-state index in [4.69, 9.17) is 0 Å². The summed E-state index contributed by atoms with van der Waals surface area (Å²) in [6.07, 6.45) is 2.21. The molecule has 2 aliphatic heterocycles. The summed E-state index contributed by atoms with van der Waals surface area (Å²) in [5.41, 5.74) is 8.56. The maximum Gasteiger partial charge on any atom is 0.303 e. The minimum Gasteiger partial charge on any atom is -0.481 e. The second kappa shape index (κ2) is 13.1. The van der Waals surface area contributed by atoms with Crippen molar-refractivity contribution in [2.75, 3.05) is 0 Å². The van der Waals surface area contributed by atoms with Gasteiger partial charge in [-0.05, 0) is 88.8 Å². The Kier molecular flexibility index (Phi) is 9.69. The first kappa shape index (κ1) is 33.2. The number of carboxylic acid groups (broad SMARTS) is 2. The van der Waals surface area contributed by atoms with E-state index in [0.29, 0.717) is 45.1 Å². The monoisotopic (exact) mass is 620 g/mol. The number of aliphatic hydroxyl groups is 2. The fourth-order valence-electron chi connectivity index (χ4n) is 6.16. The number of H-pyrrole nitrogens is 2. The fourth-order valence-corrected chi connectivity index (χ4v) is 6.16. The third-order valence-electron chi connectivity index (χ3n) is 8.52. The van der Waals surface area contributed by atoms with Crippen LogP contribution in [0.5, 0.6) is 0 Å². The zero-order valence-corrected chi connectivity index (χ0v) is 26.3. The lowest BCUT2D eigenvalue weighted by Crippen LogP contribution is -2.16. The molecule has 2 aliphatic rings. The molecule has 2 atom stereocenters. The second-order valence-corrected chi connectivity index (χ2v) is 11.7. The fraction of sp³-hybridized carbons (Fsp3) is 0.394. The first-order chi connectivity index (χ1) is 21.1. The molecule has 2 unspecified atom stereocenters. The van der Waals surface area contributed by atoms with Crippen LogP contribution in [-0.2, 0) is 38.4 Å². The molecular formula is C33H40N4O8. The standard InChI is InChI=1S/C33H40N4O8/c1-14-20(7-9-28(40)41)24(34-22(14)11-26-30(18(5)38)16(3)32(44)36-26)13-25-21(8-10-29(42)43)15(2)23(35-25)12-27-31(19(6)39)17(4)33(45)37-27/h11-12,18-19,34-35,38-39H,7-10,13H2,1-6H3,(H,36,44)(H,37,45)(H,40,41)(H,42,43)/b26-11-,27-12-. The number of aliphatic hydroxyl groups excluding tert-OH is 2. The first-order valence-electron chi connectivity index (χ1n) is 14.8. The van der Waals surface area contributed by atoms with Gasteiger partial charge in [0.1, 0.15) is 0 Å². The maximum atomic E-state index is 12.4. The summed E-state index contributed by atoms with van der Waals surface area (Å²) in [5, 5.41) is 45.1. The second-order valence-electron chi connectivity index (χ2n) is 11.7. The van der Waals surface area contributed by atoms with Crippen molar-refractivity contribution in [3.63, 3.8) is 0 Å². The highest BCUT2D eigenvalue weighted by Gasteiger charge is 2.29. The number of aromatic nitrogens is 2. The molecule has 0 fully saturated rings. The van der Waals surface area contributed by atoms with Crippen LogP contribution in [0.25, 0.3) is 12.2 Å². The van der Waals surface area contributed by atoms with Gasteiger partial charge in [-0.3, -0.25) is 19.2 Å². The number of rotatable bonds is 12. The molecule has 0 saturated carbocycles. The van der Waals surface area contributed by atoms with Crippen LogP contribution in [0.2, 0.25) is 0 Å². The van der Waals surface area contributed by atoms with Crippen LogP contribution in [0.15, 0.2) is 33.7 Å². The van der Waals surface area contributed by atoms with Gasteiger partial charge in [0.25, 0.3) is 11.8 Å². The van der Waals surface area contributed by atoms with E-state index >= 15 is 0 Å². The molecule has 45 heavy (non-hydrogen) atoms. The van der Waals surface area contributed by atoms with E-state index in [1.807, 2.05) is 13.8 Å². The number of hydrogen-bond acceptors (Lipinski definition) is 6. The number of amides is 2. The van der Waals surface area contributed by atoms with E-state index in [0.717, 1.165) is 33.6 Å². The molecule has 12 nitrogen and oxygen atoms in total. The van der Waals surface area contributed by atoms with E-state index in [9.17, 15) is 39.6 Å². The Morgan fingerprint density at radius 3 is 1.36 bits per heavy atom. The Labute approximate surface area is 260 Å². The van der Waals surface area contributed by atoms with E-state index < -0.39 is 24.1 Å². The largest absolute Gasteiger partial charge is 0.481 e. The van der Waals surface area contributed by atoms with Gasteiger partial charge < -0.3 is 41.0 Å². The zero-order chi connectivity index (χ0) is 33.3. The lowest BCUT2D eigenvalue weighted by Gasteiger charge is -2.09. The highest BCUT2D eigenvalue weighted by molar-refractivity contribution is 6.02. The molecule has 0 bridgehead atoms. The minimum atomic E-state index is -0.956. The highest BCUT2D eigenvalue weighted by Crippen LogP contribution is 2.32. The van der Waals surface area contributed by atoms with Crippen molar-refractivity contribution in [3.8, 4) is 0 Å². The predicted molar refractivity (Wildman–Crippen MR) is 167 cm³/mol. The molecular weight excluding hydrogens is 580 g/mol. The number of aliphatic carboxylic acids is 2. The van der Waals surface area contributed by atoms with Crippen molar-refractivity contribution in [2.45, 2.75) is 85.9 Å². The molecule has 0 aliphatic carbocycles. The minimum absolute atomic E-state index is 0.114. The maximum absolute atomic E-state index is 12.4. The number of aromatic amines is 2. The van der Waals surface area contributed by atoms with Crippen molar-refractivity contribution in [1.82, 2.24) is 20.6 Å². The third-order valence-corrected chi connectivity index (χ3v) is 8.52. The van der Waals surface area contributed by atoms with Crippen molar-refractivity contribution < 1.29 is 39.6 Å². The summed E-state index contributed by atoms with van der Waals surface area (Å²) in [5.74, 6) is -2.52. The topological polar surface area (TPSA) is 205 Å². The molecule has 0 saturated heterocycles. The van der Waals surface area contributed by atoms with Gasteiger partial charge in [0.05, 0.1) is 12.2 Å². The number of nitrogens with one attached hydrogen (secondary N) is 4. The van der Waals surface area contributed by atoms with Gasteiger partial charge in [0.15, 0.2) is 0 Å². The van der Waals surface area contributed by atoms with Crippen LogP contribution < -0.4 is 10.6 Å². The molecule has 4 rings (SSSR count). The van der Waals surface area contributed by atoms with Crippen molar-refractivity contribution in [3.05, 3.63) is 78.7 Å². The molecule has 2 amide bonds. The summed E-state index contributed by atoms with van der Waals surface area (Å²) in [6.45, 7) is 10.2. The van der Waals surface area contributed by atoms with Gasteiger partial charge in [-0.2, -0.15) is 0 Å². The molecule has 240 valence electrons. The Balaban J connectivity index is 1.82. The summed E-state index contributed by atoms with van der Waals surface area (Å²) in [7, 11) is 0. The van der Waals surface area contributed by atoms with E-state index in [-0.39, 0.29) is 43.9 Å². The van der Waals surface area contributed by atoms with Crippen LogP contribution in [0.1, 0.15) is 85.6 Å². The molecule has 0 aromatic carbocycles. The Hall–Kier alpha value is -4.68. The highest BCUT2D eigenvalue weighted by atomic mass is 16.4. The molecule has 12 heteroatoms. The quantitative estimate of drug-likeness (QED) is 0.177. The van der Waals surface area contributed by atoms with Crippen molar-refractivity contribution >= 4 is 35.9 Å². The molecule has 8 N–H and O–H groups in total. The smallest absolute Gasteiger partial charge is 0.303 e. The first-order valence-corrected chi connectivity index (χ1v) is 14.8. The Morgan fingerprint density at radius 1 is 0.689 bits per heavy atom. The Morgan fingerprint density at radius 2 is 1.04 bits per heavy atom. The van der Waals surface area contributed by atoms with Gasteiger partial charge in [-0.15, -0.1) is 0 Å². The molecule has 0 radical (unpaired) electrons. The SMILES string of the molecule is CC1=C(C(C)O)/C(=C/c2[nH]c(Cc3[nH]c(/C=C4\NC(=O)C(C)=C4C(C)O)c(C)c3CCC(=O)O)c(CCC(=O)O)c2C)NC1=O. The summed E-state index contributed by atoms with van der Waals surface area (Å²) in [4.78, 5) is 54.6. The van der Waals surface area contributed by atoms with Gasteiger partial charge in [-0.1, -0.05) is 0 Å². The van der Waals surface area contributed by atoms with Crippen LogP contribution in [0, 0.1) is 13.8 Å². The molecule has 2 aromatic heterocycles. The normalized spacial score (nSPS) is 18.3. The third kappa shape index (κ3) is 6.86. The Bertz CT molecular complexity index is 1590. The summed E-state index contributed by atoms with van der Waals surface area (Å²) < 4.78 is 0. The number of carbonyl (C=O) groups excluding carboxylic acids is 2. The molecule has 4 heterocycles. The van der Waals surface area contributed by atoms with E-state index in [1.54, 1.807) is 39.8 Å². The van der Waals surface area contributed by atoms with Crippen molar-refractivity contribution in [1.29, 1.82) is 0 Å². The average Bonchev–Trinajstić information content (AvgIpc) is 3.59. The van der Waals surface area contributed by atoms with Crippen LogP contribution >= 0.6 is 0 Å². The van der Waals surface area contributed by atoms with Crippen LogP contribution in [0.3, 0.4) is 0 Å². The summed E-state index contributed by atoms with van der Waals surface area (Å²) >= 11 is 0. The predicted octanol–water partition coefficient (Wildman–Crippen LogP) is 2.92. The van der Waals surface area contributed by atoms with Gasteiger partial charge in [0.2, 0.25) is 0 Å². The van der Waals surface area contributed by atoms with Gasteiger partial charge in [0, 0.05) is 75.7 Å². The number of carbonyl (C=O) groups is 4. The summed E-state index contributed by atoms with van der Waals surface area (Å²) in [6, 6.07) is 0. The lowest BCUT2D eigenvalue weighted by atomic mass is 9.98. The molecule has 2 aromatic rings. The van der Waals surface area contributed by atoms with E-state index in [2.05, 4.69) is 20.6 Å². The van der Waals surface area contributed by atoms with Crippen molar-refractivity contribution in [2.24, 2.45) is 0 Å². The van der Waals surface area contributed by atoms with Crippen LogP contribution in [-0.4, -0.2) is 66.4 Å². The lowest BCUT2D eigenvalue weighted by molar-refractivity contribution is -0.138. The number of hydrogen-bond donors (Lipinski definition) is 8. The number of carboxylic acids is 2.